The molecular formula is C27H24ClN3O4S. The van der Waals surface area contributed by atoms with Gasteiger partial charge in [0, 0.05) is 29.4 Å². The van der Waals surface area contributed by atoms with Gasteiger partial charge in [0.05, 0.1) is 31.3 Å². The Kier molecular flexibility index (Phi) is 6.13. The van der Waals surface area contributed by atoms with Crippen molar-refractivity contribution in [2.24, 2.45) is 0 Å². The number of amides is 2. The van der Waals surface area contributed by atoms with Gasteiger partial charge in [0.25, 0.3) is 5.91 Å². The summed E-state index contributed by atoms with van der Waals surface area (Å²) in [7, 11) is 0. The normalized spacial score (nSPS) is 21.9. The average Bonchev–Trinajstić information content (AvgIpc) is 3.37. The van der Waals surface area contributed by atoms with E-state index < -0.39 is 4.87 Å². The van der Waals surface area contributed by atoms with Crippen molar-refractivity contribution in [1.82, 2.24) is 4.90 Å². The Hall–Kier alpha value is -3.04. The lowest BCUT2D eigenvalue weighted by atomic mass is 10.0. The van der Waals surface area contributed by atoms with Gasteiger partial charge in [-0.25, -0.2) is 0 Å². The summed E-state index contributed by atoms with van der Waals surface area (Å²) in [5.41, 5.74) is 2.36. The van der Waals surface area contributed by atoms with Crippen LogP contribution in [0.15, 0.2) is 72.8 Å². The van der Waals surface area contributed by atoms with Crippen LogP contribution >= 0.6 is 23.4 Å². The van der Waals surface area contributed by atoms with Crippen molar-refractivity contribution in [1.29, 1.82) is 0 Å². The SMILES string of the molecule is O=C1CS[C@@]2(C(=O)N(CN3CCOCC3)c3ccccc32)N1c1ccc(Oc2ccc(Cl)cc2)cc1. The van der Waals surface area contributed by atoms with Gasteiger partial charge in [-0.2, -0.15) is 0 Å². The largest absolute Gasteiger partial charge is 0.457 e. The minimum atomic E-state index is -1.13. The Balaban J connectivity index is 1.32. The third kappa shape index (κ3) is 3.94. The van der Waals surface area contributed by atoms with Gasteiger partial charge in [-0.15, -0.1) is 11.8 Å². The third-order valence-corrected chi connectivity index (χ3v) is 8.29. The molecule has 2 fully saturated rings. The Labute approximate surface area is 218 Å². The molecule has 3 heterocycles. The minimum absolute atomic E-state index is 0.0902. The molecule has 0 N–H and O–H groups in total. The molecule has 3 aromatic rings. The van der Waals surface area contributed by atoms with Crippen LogP contribution in [-0.4, -0.2) is 55.4 Å². The number of rotatable bonds is 5. The molecule has 184 valence electrons. The van der Waals surface area contributed by atoms with Crippen molar-refractivity contribution in [2.45, 2.75) is 4.87 Å². The van der Waals surface area contributed by atoms with Crippen LogP contribution in [0.3, 0.4) is 0 Å². The molecule has 1 atom stereocenters. The van der Waals surface area contributed by atoms with Gasteiger partial charge < -0.3 is 9.47 Å². The summed E-state index contributed by atoms with van der Waals surface area (Å²) in [5, 5.41) is 0.636. The number of carbonyl (C=O) groups is 2. The molecule has 36 heavy (non-hydrogen) atoms. The molecule has 9 heteroatoms. The smallest absolute Gasteiger partial charge is 0.269 e. The van der Waals surface area contributed by atoms with E-state index >= 15 is 0 Å². The van der Waals surface area contributed by atoms with Crippen molar-refractivity contribution in [3.05, 3.63) is 83.4 Å². The lowest BCUT2D eigenvalue weighted by Gasteiger charge is -2.35. The molecule has 3 aliphatic heterocycles. The molecule has 0 aliphatic carbocycles. The Morgan fingerprint density at radius 3 is 2.31 bits per heavy atom. The summed E-state index contributed by atoms with van der Waals surface area (Å²) in [6.45, 7) is 3.31. The van der Waals surface area contributed by atoms with E-state index in [1.54, 1.807) is 29.2 Å². The predicted octanol–water partition coefficient (Wildman–Crippen LogP) is 4.70. The molecule has 3 aliphatic rings. The second-order valence-corrected chi connectivity index (χ2v) is 10.4. The van der Waals surface area contributed by atoms with E-state index in [0.717, 1.165) is 24.3 Å². The average molecular weight is 522 g/mol. The van der Waals surface area contributed by atoms with Gasteiger partial charge >= 0.3 is 0 Å². The second-order valence-electron chi connectivity index (χ2n) is 8.83. The van der Waals surface area contributed by atoms with Crippen LogP contribution < -0.4 is 14.5 Å². The van der Waals surface area contributed by atoms with Gasteiger partial charge in [-0.05, 0) is 54.6 Å². The van der Waals surface area contributed by atoms with Crippen LogP contribution in [0.5, 0.6) is 11.5 Å². The van der Waals surface area contributed by atoms with Gasteiger partial charge in [-0.1, -0.05) is 29.8 Å². The molecule has 3 aromatic carbocycles. The first-order chi connectivity index (χ1) is 17.6. The first-order valence-corrected chi connectivity index (χ1v) is 13.1. The molecule has 0 aromatic heterocycles. The Morgan fingerprint density at radius 2 is 1.58 bits per heavy atom. The summed E-state index contributed by atoms with van der Waals surface area (Å²) in [6.07, 6.45) is 0. The Morgan fingerprint density at radius 1 is 0.917 bits per heavy atom. The highest BCUT2D eigenvalue weighted by Gasteiger charge is 2.61. The van der Waals surface area contributed by atoms with E-state index in [4.69, 9.17) is 21.1 Å². The number of halogens is 1. The number of hydrogen-bond acceptors (Lipinski definition) is 6. The number of anilines is 2. The highest BCUT2D eigenvalue weighted by molar-refractivity contribution is 8.02. The van der Waals surface area contributed by atoms with Crippen LogP contribution in [0.25, 0.3) is 0 Å². The molecule has 2 saturated heterocycles. The van der Waals surface area contributed by atoms with Crippen molar-refractivity contribution in [3.63, 3.8) is 0 Å². The number of fused-ring (bicyclic) bond motifs is 2. The maximum Gasteiger partial charge on any atom is 0.269 e. The van der Waals surface area contributed by atoms with E-state index in [-0.39, 0.29) is 17.6 Å². The summed E-state index contributed by atoms with van der Waals surface area (Å²) in [5.74, 6) is 1.33. The lowest BCUT2D eigenvalue weighted by Crippen LogP contribution is -2.52. The predicted molar refractivity (Wildman–Crippen MR) is 141 cm³/mol. The number of para-hydroxylation sites is 1. The zero-order valence-electron chi connectivity index (χ0n) is 19.4. The molecule has 7 nitrogen and oxygen atoms in total. The second kappa shape index (κ2) is 9.44. The lowest BCUT2D eigenvalue weighted by molar-refractivity contribution is -0.124. The zero-order chi connectivity index (χ0) is 24.7. The van der Waals surface area contributed by atoms with Gasteiger partial charge in [0.2, 0.25) is 10.8 Å². The zero-order valence-corrected chi connectivity index (χ0v) is 21.0. The highest BCUT2D eigenvalue weighted by atomic mass is 35.5. The standard InChI is InChI=1S/C27H24ClN3O4S/c28-19-5-9-21(10-6-19)35-22-11-7-20(8-12-22)31-25(32)17-36-27(31)23-3-1-2-4-24(23)30(26(27)33)18-29-13-15-34-16-14-29/h1-12H,13-18H2/t27-/m0/s1. The van der Waals surface area contributed by atoms with E-state index in [1.807, 2.05) is 53.4 Å². The van der Waals surface area contributed by atoms with Crippen LogP contribution in [0.4, 0.5) is 11.4 Å². The number of ether oxygens (including phenoxy) is 2. The van der Waals surface area contributed by atoms with E-state index in [0.29, 0.717) is 42.1 Å². The van der Waals surface area contributed by atoms with Crippen molar-refractivity contribution >= 4 is 46.6 Å². The monoisotopic (exact) mass is 521 g/mol. The quantitative estimate of drug-likeness (QED) is 0.485. The van der Waals surface area contributed by atoms with Gasteiger partial charge in [0.15, 0.2) is 0 Å². The topological polar surface area (TPSA) is 62.3 Å². The van der Waals surface area contributed by atoms with Crippen molar-refractivity contribution < 1.29 is 19.1 Å². The number of morpholine rings is 1. The van der Waals surface area contributed by atoms with Crippen molar-refractivity contribution in [2.75, 3.05) is 48.5 Å². The highest BCUT2D eigenvalue weighted by Crippen LogP contribution is 2.55. The number of thioether (sulfide) groups is 1. The minimum Gasteiger partial charge on any atom is -0.457 e. The fraction of sp³-hybridized carbons (Fsp3) is 0.259. The molecule has 1 spiro atoms. The molecule has 0 bridgehead atoms. The van der Waals surface area contributed by atoms with Crippen LogP contribution in [0, 0.1) is 0 Å². The van der Waals surface area contributed by atoms with Crippen LogP contribution in [-0.2, 0) is 19.2 Å². The van der Waals surface area contributed by atoms with E-state index in [1.165, 1.54) is 11.8 Å². The number of hydrogen-bond donors (Lipinski definition) is 0. The molecule has 0 unspecified atom stereocenters. The van der Waals surface area contributed by atoms with E-state index in [9.17, 15) is 9.59 Å². The maximum absolute atomic E-state index is 14.1. The summed E-state index contributed by atoms with van der Waals surface area (Å²) < 4.78 is 11.4. The summed E-state index contributed by atoms with van der Waals surface area (Å²) >= 11 is 7.35. The molecular weight excluding hydrogens is 498 g/mol. The van der Waals surface area contributed by atoms with Crippen LogP contribution in [0.1, 0.15) is 5.56 Å². The maximum atomic E-state index is 14.1. The number of nitrogens with zero attached hydrogens (tertiary/aromatic N) is 3. The molecule has 2 amide bonds. The number of carbonyl (C=O) groups excluding carboxylic acids is 2. The van der Waals surface area contributed by atoms with Crippen LogP contribution in [0.2, 0.25) is 5.02 Å². The van der Waals surface area contributed by atoms with E-state index in [2.05, 4.69) is 4.90 Å². The van der Waals surface area contributed by atoms with Crippen molar-refractivity contribution in [3.8, 4) is 11.5 Å². The summed E-state index contributed by atoms with van der Waals surface area (Å²) in [4.78, 5) is 32.0. The first kappa shape index (κ1) is 23.4. The number of benzene rings is 3. The Bertz CT molecular complexity index is 1300. The molecule has 6 rings (SSSR count). The third-order valence-electron chi connectivity index (χ3n) is 6.65. The first-order valence-electron chi connectivity index (χ1n) is 11.8. The summed E-state index contributed by atoms with van der Waals surface area (Å²) in [6, 6.07) is 22.2. The fourth-order valence-corrected chi connectivity index (χ4v) is 6.43. The van der Waals surface area contributed by atoms with Gasteiger partial charge in [0.1, 0.15) is 11.5 Å². The molecule has 0 saturated carbocycles. The fourth-order valence-electron chi connectivity index (χ4n) is 4.94. The van der Waals surface area contributed by atoms with Gasteiger partial charge in [-0.3, -0.25) is 24.3 Å². The molecule has 0 radical (unpaired) electrons.